The maximum atomic E-state index is 5.93. The van der Waals surface area contributed by atoms with E-state index in [2.05, 4.69) is 36.0 Å². The molecule has 1 aromatic rings. The van der Waals surface area contributed by atoms with Gasteiger partial charge in [-0.05, 0) is 35.7 Å². The van der Waals surface area contributed by atoms with Crippen LogP contribution in [0.25, 0.3) is 0 Å². The van der Waals surface area contributed by atoms with E-state index in [0.717, 1.165) is 28.9 Å². The number of anilines is 2. The van der Waals surface area contributed by atoms with Crippen molar-refractivity contribution in [2.45, 2.75) is 19.8 Å². The highest BCUT2D eigenvalue weighted by molar-refractivity contribution is 9.10. The molecular formula is C11H16BrN5. The minimum Gasteiger partial charge on any atom is -0.384 e. The standard InChI is InChI=1S/C11H16BrN5/c1-8-10(13)16-15-7-9(12)6-14-11(8)17-4-2-3-5-17/h6-7,16H,2-5,13H2,1H3. The predicted molar refractivity (Wildman–Crippen MR) is 72.3 cm³/mol. The van der Waals surface area contributed by atoms with Gasteiger partial charge in [0.2, 0.25) is 0 Å². The highest BCUT2D eigenvalue weighted by Gasteiger charge is 2.15. The van der Waals surface area contributed by atoms with E-state index in [-0.39, 0.29) is 0 Å². The molecule has 17 heavy (non-hydrogen) atoms. The van der Waals surface area contributed by atoms with Crippen LogP contribution in [0, 0.1) is 6.92 Å². The Balaban J connectivity index is 2.56. The van der Waals surface area contributed by atoms with Crippen molar-refractivity contribution in [1.82, 2.24) is 15.2 Å². The second-order valence-corrected chi connectivity index (χ2v) is 4.99. The van der Waals surface area contributed by atoms with Gasteiger partial charge in [-0.15, -0.1) is 0 Å². The third-order valence-electron chi connectivity index (χ3n) is 2.83. The van der Waals surface area contributed by atoms with Crippen LogP contribution in [-0.2, 0) is 0 Å². The summed E-state index contributed by atoms with van der Waals surface area (Å²) in [4.78, 5) is 6.76. The zero-order valence-electron chi connectivity index (χ0n) is 9.78. The number of nitrogens with zero attached hydrogens (tertiary/aromatic N) is 3. The molecule has 0 spiro atoms. The fourth-order valence-electron chi connectivity index (χ4n) is 1.87. The molecule has 1 saturated heterocycles. The summed E-state index contributed by atoms with van der Waals surface area (Å²) in [7, 11) is 0. The minimum atomic E-state index is 0.544. The first-order valence-electron chi connectivity index (χ1n) is 5.62. The number of aromatic nitrogens is 3. The Bertz CT molecular complexity index is 449. The van der Waals surface area contributed by atoms with Gasteiger partial charge in [-0.1, -0.05) is 0 Å². The van der Waals surface area contributed by atoms with Gasteiger partial charge >= 0.3 is 0 Å². The van der Waals surface area contributed by atoms with Crippen LogP contribution in [0.15, 0.2) is 16.9 Å². The summed E-state index contributed by atoms with van der Waals surface area (Å²) >= 11 is 3.37. The molecule has 5 nitrogen and oxygen atoms in total. The molecule has 1 aromatic heterocycles. The monoisotopic (exact) mass is 297 g/mol. The van der Waals surface area contributed by atoms with Crippen LogP contribution >= 0.6 is 15.9 Å². The van der Waals surface area contributed by atoms with Crippen LogP contribution in [0.4, 0.5) is 11.6 Å². The Labute approximate surface area is 109 Å². The largest absolute Gasteiger partial charge is 0.384 e. The normalized spacial score (nSPS) is 14.8. The third-order valence-corrected chi connectivity index (χ3v) is 3.24. The maximum Gasteiger partial charge on any atom is 0.135 e. The fourth-order valence-corrected chi connectivity index (χ4v) is 2.07. The SMILES string of the molecule is Cc1c(N2CCCC2)ncc(Br)cn[nH]c1N. The first-order chi connectivity index (χ1) is 8.18. The van der Waals surface area contributed by atoms with E-state index in [4.69, 9.17) is 5.73 Å². The van der Waals surface area contributed by atoms with Crippen LogP contribution in [0.2, 0.25) is 0 Å². The summed E-state index contributed by atoms with van der Waals surface area (Å²) in [6.07, 6.45) is 5.81. The molecule has 1 aliphatic heterocycles. The molecule has 1 aliphatic rings. The van der Waals surface area contributed by atoms with Gasteiger partial charge in [-0.3, -0.25) is 5.10 Å². The summed E-state index contributed by atoms with van der Waals surface area (Å²) in [6, 6.07) is 0. The zero-order chi connectivity index (χ0) is 12.3. The van der Waals surface area contributed by atoms with Crippen molar-refractivity contribution in [1.29, 1.82) is 0 Å². The highest BCUT2D eigenvalue weighted by atomic mass is 79.9. The molecule has 3 N–H and O–H groups in total. The van der Waals surface area contributed by atoms with Crippen molar-refractivity contribution in [2.24, 2.45) is 0 Å². The molecule has 0 aliphatic carbocycles. The van der Waals surface area contributed by atoms with Crippen molar-refractivity contribution in [2.75, 3.05) is 23.7 Å². The molecule has 2 rings (SSSR count). The Morgan fingerprint density at radius 1 is 1.35 bits per heavy atom. The molecule has 6 heteroatoms. The average Bonchev–Trinajstić information content (AvgIpc) is 2.82. The second-order valence-electron chi connectivity index (χ2n) is 4.07. The summed E-state index contributed by atoms with van der Waals surface area (Å²) < 4.78 is 0.809. The van der Waals surface area contributed by atoms with E-state index in [0.29, 0.717) is 5.82 Å². The first-order valence-corrected chi connectivity index (χ1v) is 6.42. The predicted octanol–water partition coefficient (Wildman–Crippen LogP) is 2.18. The Morgan fingerprint density at radius 2 is 2.06 bits per heavy atom. The minimum absolute atomic E-state index is 0.544. The van der Waals surface area contributed by atoms with Crippen molar-refractivity contribution in [3.05, 3.63) is 22.4 Å². The molecule has 92 valence electrons. The number of hydrogen-bond donors (Lipinski definition) is 2. The smallest absolute Gasteiger partial charge is 0.135 e. The lowest BCUT2D eigenvalue weighted by Gasteiger charge is -2.17. The highest BCUT2D eigenvalue weighted by Crippen LogP contribution is 2.22. The number of rotatable bonds is 1. The Hall–Kier alpha value is -1.30. The summed E-state index contributed by atoms with van der Waals surface area (Å²) in [5.74, 6) is 1.47. The fraction of sp³-hybridized carbons (Fsp3) is 0.455. The van der Waals surface area contributed by atoms with E-state index in [1.807, 2.05) is 6.92 Å². The van der Waals surface area contributed by atoms with Crippen molar-refractivity contribution in [3.8, 4) is 0 Å². The van der Waals surface area contributed by atoms with Crippen LogP contribution in [0.5, 0.6) is 0 Å². The van der Waals surface area contributed by atoms with Gasteiger partial charge in [-0.2, -0.15) is 5.10 Å². The molecule has 1 fully saturated rings. The molecule has 0 radical (unpaired) electrons. The quantitative estimate of drug-likeness (QED) is 0.833. The molecule has 0 atom stereocenters. The Morgan fingerprint density at radius 3 is 2.76 bits per heavy atom. The molecule has 0 amide bonds. The molecule has 0 unspecified atom stereocenters. The van der Waals surface area contributed by atoms with Crippen LogP contribution in [0.1, 0.15) is 18.4 Å². The number of nitrogens with two attached hydrogens (primary N) is 1. The second kappa shape index (κ2) is 5.35. The summed E-state index contributed by atoms with van der Waals surface area (Å²) in [5.41, 5.74) is 6.86. The molecule has 0 saturated carbocycles. The third kappa shape index (κ3) is 2.88. The number of halogens is 1. The topological polar surface area (TPSA) is 70.8 Å². The lowest BCUT2D eigenvalue weighted by Crippen LogP contribution is -2.20. The molecule has 2 heterocycles. The van der Waals surface area contributed by atoms with Gasteiger partial charge in [0.15, 0.2) is 0 Å². The van der Waals surface area contributed by atoms with Crippen LogP contribution < -0.4 is 10.6 Å². The van der Waals surface area contributed by atoms with Gasteiger partial charge < -0.3 is 10.6 Å². The van der Waals surface area contributed by atoms with Crippen molar-refractivity contribution < 1.29 is 0 Å². The van der Waals surface area contributed by atoms with Crippen molar-refractivity contribution >= 4 is 27.6 Å². The van der Waals surface area contributed by atoms with E-state index < -0.39 is 0 Å². The average molecular weight is 298 g/mol. The number of H-pyrrole nitrogens is 1. The molecule has 0 aromatic carbocycles. The van der Waals surface area contributed by atoms with Gasteiger partial charge in [0.25, 0.3) is 0 Å². The van der Waals surface area contributed by atoms with Crippen LogP contribution in [0.3, 0.4) is 0 Å². The Kier molecular flexibility index (Phi) is 3.83. The summed E-state index contributed by atoms with van der Waals surface area (Å²) in [6.45, 7) is 4.04. The lowest BCUT2D eigenvalue weighted by atomic mass is 10.3. The van der Waals surface area contributed by atoms with Gasteiger partial charge in [-0.25, -0.2) is 4.98 Å². The van der Waals surface area contributed by atoms with Gasteiger partial charge in [0.05, 0.1) is 10.7 Å². The number of hydrogen-bond acceptors (Lipinski definition) is 4. The number of nitrogens with one attached hydrogen (secondary N) is 1. The number of nitrogen functional groups attached to an aromatic ring is 1. The van der Waals surface area contributed by atoms with E-state index in [1.165, 1.54) is 12.8 Å². The number of aromatic amines is 1. The molecular weight excluding hydrogens is 282 g/mol. The van der Waals surface area contributed by atoms with Crippen LogP contribution in [-0.4, -0.2) is 28.3 Å². The lowest BCUT2D eigenvalue weighted by molar-refractivity contribution is 0.929. The molecule has 0 bridgehead atoms. The van der Waals surface area contributed by atoms with Crippen molar-refractivity contribution in [3.63, 3.8) is 0 Å². The first kappa shape index (κ1) is 12.2. The van der Waals surface area contributed by atoms with E-state index in [1.54, 1.807) is 12.4 Å². The van der Waals surface area contributed by atoms with E-state index >= 15 is 0 Å². The maximum absolute atomic E-state index is 5.93. The van der Waals surface area contributed by atoms with E-state index in [9.17, 15) is 0 Å². The van der Waals surface area contributed by atoms with Gasteiger partial charge in [0.1, 0.15) is 11.6 Å². The zero-order valence-corrected chi connectivity index (χ0v) is 11.4. The summed E-state index contributed by atoms with van der Waals surface area (Å²) in [5, 5.41) is 6.81. The van der Waals surface area contributed by atoms with Gasteiger partial charge in [0, 0.05) is 24.8 Å².